The summed E-state index contributed by atoms with van der Waals surface area (Å²) in [7, 11) is 0. The van der Waals surface area contributed by atoms with E-state index in [9.17, 15) is 9.59 Å². The summed E-state index contributed by atoms with van der Waals surface area (Å²) < 4.78 is 13.0. The summed E-state index contributed by atoms with van der Waals surface area (Å²) in [6.07, 6.45) is 7.23. The molecule has 2 aromatic rings. The molecular weight excluding hydrogens is 380 g/mol. The Bertz CT molecular complexity index is 944. The highest BCUT2D eigenvalue weighted by Gasteiger charge is 2.31. The van der Waals surface area contributed by atoms with Crippen LogP contribution in [0.15, 0.2) is 49.1 Å². The molecule has 3 rings (SSSR count). The van der Waals surface area contributed by atoms with Crippen molar-refractivity contribution in [1.29, 1.82) is 0 Å². The van der Waals surface area contributed by atoms with Gasteiger partial charge in [0.2, 0.25) is 0 Å². The van der Waals surface area contributed by atoms with Crippen LogP contribution in [0.4, 0.5) is 0 Å². The van der Waals surface area contributed by atoms with Gasteiger partial charge in [-0.05, 0) is 44.9 Å². The Hall–Kier alpha value is -3.02. The van der Waals surface area contributed by atoms with Crippen LogP contribution in [-0.4, -0.2) is 47.6 Å². The number of amides is 1. The first-order valence-electron chi connectivity index (χ1n) is 10.5. The van der Waals surface area contributed by atoms with Crippen LogP contribution in [0.1, 0.15) is 37.2 Å². The standard InChI is InChI=1S/C24H30N2O4/c1-4-7-14-26-20-11-8-12-22(30-15-5-2)19(20)16-21(26)23(27)25-13-9-10-18(17-25)24(28)29-6-3/h4-5,7-8,11-12,16,18H,2,6,9-10,13-15,17H2,1,3H3/b7-4-. The van der Waals surface area contributed by atoms with E-state index in [0.717, 1.165) is 29.5 Å². The summed E-state index contributed by atoms with van der Waals surface area (Å²) in [6.45, 7) is 9.83. The Morgan fingerprint density at radius 3 is 2.90 bits per heavy atom. The molecule has 1 atom stereocenters. The molecule has 1 aliphatic rings. The minimum atomic E-state index is -0.262. The van der Waals surface area contributed by atoms with Crippen molar-refractivity contribution < 1.29 is 19.1 Å². The van der Waals surface area contributed by atoms with Gasteiger partial charge in [-0.3, -0.25) is 9.59 Å². The molecule has 30 heavy (non-hydrogen) atoms. The number of hydrogen-bond acceptors (Lipinski definition) is 4. The summed E-state index contributed by atoms with van der Waals surface area (Å²) in [4.78, 5) is 27.4. The molecule has 2 heterocycles. The highest BCUT2D eigenvalue weighted by Crippen LogP contribution is 2.31. The predicted molar refractivity (Wildman–Crippen MR) is 118 cm³/mol. The van der Waals surface area contributed by atoms with Gasteiger partial charge < -0.3 is 18.9 Å². The van der Waals surface area contributed by atoms with Crippen LogP contribution in [0.25, 0.3) is 10.9 Å². The van der Waals surface area contributed by atoms with Crippen LogP contribution in [0, 0.1) is 5.92 Å². The zero-order chi connectivity index (χ0) is 21.5. The molecule has 0 saturated carbocycles. The Morgan fingerprint density at radius 2 is 2.17 bits per heavy atom. The van der Waals surface area contributed by atoms with Crippen LogP contribution in [0.3, 0.4) is 0 Å². The molecule has 1 aromatic carbocycles. The summed E-state index contributed by atoms with van der Waals surface area (Å²) >= 11 is 0. The maximum atomic E-state index is 13.5. The monoisotopic (exact) mass is 410 g/mol. The minimum Gasteiger partial charge on any atom is -0.489 e. The number of rotatable bonds is 8. The second-order valence-corrected chi connectivity index (χ2v) is 7.34. The molecule has 1 unspecified atom stereocenters. The number of nitrogens with zero attached hydrogens (tertiary/aromatic N) is 2. The smallest absolute Gasteiger partial charge is 0.310 e. The van der Waals surface area contributed by atoms with E-state index < -0.39 is 0 Å². The molecule has 6 nitrogen and oxygen atoms in total. The van der Waals surface area contributed by atoms with Crippen molar-refractivity contribution >= 4 is 22.8 Å². The maximum Gasteiger partial charge on any atom is 0.310 e. The Kier molecular flexibility index (Phi) is 7.33. The fraction of sp³-hybridized carbons (Fsp3) is 0.417. The molecule has 0 N–H and O–H groups in total. The predicted octanol–water partition coefficient (Wildman–Crippen LogP) is 4.20. The van der Waals surface area contributed by atoms with Gasteiger partial charge in [-0.25, -0.2) is 0 Å². The number of hydrogen-bond donors (Lipinski definition) is 0. The zero-order valence-electron chi connectivity index (χ0n) is 17.8. The third-order valence-electron chi connectivity index (χ3n) is 5.33. The lowest BCUT2D eigenvalue weighted by molar-refractivity contribution is -0.149. The van der Waals surface area contributed by atoms with Gasteiger partial charge in [0.15, 0.2) is 0 Å². The van der Waals surface area contributed by atoms with Gasteiger partial charge >= 0.3 is 5.97 Å². The Labute approximate surface area is 177 Å². The van der Waals surface area contributed by atoms with E-state index in [4.69, 9.17) is 9.47 Å². The van der Waals surface area contributed by atoms with E-state index in [2.05, 4.69) is 6.58 Å². The number of benzene rings is 1. The SMILES string of the molecule is C=CCOc1cccc2c1cc(C(=O)N1CCCC(C(=O)OCC)C1)n2C/C=C\C. The lowest BCUT2D eigenvalue weighted by Gasteiger charge is -2.31. The van der Waals surface area contributed by atoms with Gasteiger partial charge in [-0.15, -0.1) is 0 Å². The molecule has 1 fully saturated rings. The summed E-state index contributed by atoms with van der Waals surface area (Å²) in [6, 6.07) is 7.72. The number of fused-ring (bicyclic) bond motifs is 1. The first-order chi connectivity index (χ1) is 14.6. The summed E-state index contributed by atoms with van der Waals surface area (Å²) in [5.41, 5.74) is 1.54. The molecule has 0 aliphatic carbocycles. The number of ether oxygens (including phenoxy) is 2. The number of esters is 1. The van der Waals surface area contributed by atoms with E-state index in [1.54, 1.807) is 17.9 Å². The van der Waals surface area contributed by atoms with Gasteiger partial charge in [0, 0.05) is 25.0 Å². The second kappa shape index (κ2) is 10.1. The number of aromatic nitrogens is 1. The zero-order valence-corrected chi connectivity index (χ0v) is 17.8. The van der Waals surface area contributed by atoms with Gasteiger partial charge in [-0.1, -0.05) is 30.9 Å². The van der Waals surface area contributed by atoms with Crippen LogP contribution < -0.4 is 4.74 Å². The molecule has 0 radical (unpaired) electrons. The molecule has 0 spiro atoms. The molecule has 6 heteroatoms. The van der Waals surface area contributed by atoms with Crippen molar-refractivity contribution in [1.82, 2.24) is 9.47 Å². The first kappa shape index (κ1) is 21.7. The highest BCUT2D eigenvalue weighted by molar-refractivity contribution is 6.00. The van der Waals surface area contributed by atoms with Crippen molar-refractivity contribution in [3.63, 3.8) is 0 Å². The van der Waals surface area contributed by atoms with Gasteiger partial charge in [0.25, 0.3) is 5.91 Å². The Morgan fingerprint density at radius 1 is 1.33 bits per heavy atom. The molecule has 160 valence electrons. The lowest BCUT2D eigenvalue weighted by Crippen LogP contribution is -2.43. The fourth-order valence-electron chi connectivity index (χ4n) is 3.89. The third-order valence-corrected chi connectivity index (χ3v) is 5.33. The maximum absolute atomic E-state index is 13.5. The van der Waals surface area contributed by atoms with E-state index >= 15 is 0 Å². The second-order valence-electron chi connectivity index (χ2n) is 7.34. The van der Waals surface area contributed by atoms with Gasteiger partial charge in [-0.2, -0.15) is 0 Å². The van der Waals surface area contributed by atoms with Gasteiger partial charge in [0.05, 0.1) is 18.0 Å². The van der Waals surface area contributed by atoms with Crippen molar-refractivity contribution in [2.45, 2.75) is 33.2 Å². The number of likely N-dealkylation sites (tertiary alicyclic amines) is 1. The topological polar surface area (TPSA) is 60.8 Å². The third kappa shape index (κ3) is 4.58. The van der Waals surface area contributed by atoms with E-state index in [-0.39, 0.29) is 17.8 Å². The normalized spacial score (nSPS) is 16.7. The number of piperidine rings is 1. The van der Waals surface area contributed by atoms with E-state index in [1.807, 2.05) is 47.9 Å². The molecule has 1 aliphatic heterocycles. The van der Waals surface area contributed by atoms with Crippen molar-refractivity contribution in [2.75, 3.05) is 26.3 Å². The molecule has 1 saturated heterocycles. The average Bonchev–Trinajstić information content (AvgIpc) is 3.15. The number of allylic oxidation sites excluding steroid dienone is 2. The largest absolute Gasteiger partial charge is 0.489 e. The van der Waals surface area contributed by atoms with Crippen LogP contribution in [0.5, 0.6) is 5.75 Å². The number of carbonyl (C=O) groups excluding carboxylic acids is 2. The van der Waals surface area contributed by atoms with E-state index in [0.29, 0.717) is 38.5 Å². The van der Waals surface area contributed by atoms with Crippen molar-refractivity contribution in [2.24, 2.45) is 5.92 Å². The van der Waals surface area contributed by atoms with Crippen molar-refractivity contribution in [3.05, 3.63) is 54.8 Å². The minimum absolute atomic E-state index is 0.0700. The molecule has 1 amide bonds. The lowest BCUT2D eigenvalue weighted by atomic mass is 9.98. The van der Waals surface area contributed by atoms with E-state index in [1.165, 1.54) is 0 Å². The van der Waals surface area contributed by atoms with Crippen LogP contribution in [-0.2, 0) is 16.1 Å². The molecular formula is C24H30N2O4. The quantitative estimate of drug-likeness (QED) is 0.483. The summed E-state index contributed by atoms with van der Waals surface area (Å²) in [5.74, 6) is 0.176. The van der Waals surface area contributed by atoms with Crippen molar-refractivity contribution in [3.8, 4) is 5.75 Å². The molecule has 1 aromatic heterocycles. The Balaban J connectivity index is 1.95. The summed E-state index contributed by atoms with van der Waals surface area (Å²) in [5, 5.41) is 0.895. The van der Waals surface area contributed by atoms with Gasteiger partial charge in [0.1, 0.15) is 18.1 Å². The highest BCUT2D eigenvalue weighted by atomic mass is 16.5. The molecule has 0 bridgehead atoms. The fourth-order valence-corrected chi connectivity index (χ4v) is 3.89. The van der Waals surface area contributed by atoms with Crippen LogP contribution >= 0.6 is 0 Å². The number of carbonyl (C=O) groups is 2. The first-order valence-corrected chi connectivity index (χ1v) is 10.5. The average molecular weight is 411 g/mol. The van der Waals surface area contributed by atoms with Crippen LogP contribution in [0.2, 0.25) is 0 Å².